The van der Waals surface area contributed by atoms with Crippen molar-refractivity contribution in [2.24, 2.45) is 4.99 Å². The third-order valence-corrected chi connectivity index (χ3v) is 3.85. The summed E-state index contributed by atoms with van der Waals surface area (Å²) in [6.07, 6.45) is 3.14. The van der Waals surface area contributed by atoms with E-state index in [-0.39, 0.29) is 41.6 Å². The van der Waals surface area contributed by atoms with Crippen LogP contribution in [0.3, 0.4) is 0 Å². The number of hydrogen-bond donors (Lipinski definition) is 2. The first kappa shape index (κ1) is 22.3. The predicted octanol–water partition coefficient (Wildman–Crippen LogP) is 3.82. The first-order chi connectivity index (χ1) is 10.6. The second-order valence-electron chi connectivity index (χ2n) is 4.87. The van der Waals surface area contributed by atoms with E-state index in [0.717, 1.165) is 36.8 Å². The molecular weight excluding hydrogens is 428 g/mol. The summed E-state index contributed by atoms with van der Waals surface area (Å²) >= 11 is 1.82. The molecule has 0 aliphatic carbocycles. The maximum absolute atomic E-state index is 13.8. The van der Waals surface area contributed by atoms with Crippen LogP contribution in [0.25, 0.3) is 0 Å². The quantitative estimate of drug-likeness (QED) is 0.271. The van der Waals surface area contributed by atoms with Crippen LogP contribution in [0.4, 0.5) is 4.39 Å². The van der Waals surface area contributed by atoms with Gasteiger partial charge in [0.1, 0.15) is 0 Å². The molecule has 0 aromatic heterocycles. The van der Waals surface area contributed by atoms with Crippen molar-refractivity contribution in [3.05, 3.63) is 29.6 Å². The summed E-state index contributed by atoms with van der Waals surface area (Å²) in [6.45, 7) is 5.57. The third-order valence-electron chi connectivity index (χ3n) is 3.15. The van der Waals surface area contributed by atoms with Crippen LogP contribution in [0.1, 0.15) is 31.9 Å². The van der Waals surface area contributed by atoms with Crippen LogP contribution in [0, 0.1) is 5.82 Å². The highest BCUT2D eigenvalue weighted by molar-refractivity contribution is 14.0. The van der Waals surface area contributed by atoms with Gasteiger partial charge in [0.25, 0.3) is 0 Å². The van der Waals surface area contributed by atoms with Crippen molar-refractivity contribution in [2.75, 3.05) is 32.2 Å². The van der Waals surface area contributed by atoms with E-state index in [9.17, 15) is 4.39 Å². The standard InChI is InChI=1S/C16H26FN3OS.HI/c1-5-18-16(19-9-6-10-22-4)20-12(2)13-7-8-15(21-3)14(17)11-13;/h7-8,11-12H,5-6,9-10H2,1-4H3,(H2,18,19,20);1H. The van der Waals surface area contributed by atoms with Gasteiger partial charge in [-0.1, -0.05) is 6.07 Å². The minimum atomic E-state index is -0.351. The molecule has 2 N–H and O–H groups in total. The zero-order valence-electron chi connectivity index (χ0n) is 14.2. The van der Waals surface area contributed by atoms with Crippen molar-refractivity contribution in [2.45, 2.75) is 26.3 Å². The van der Waals surface area contributed by atoms with Crippen LogP contribution < -0.4 is 15.4 Å². The highest BCUT2D eigenvalue weighted by atomic mass is 127. The van der Waals surface area contributed by atoms with E-state index in [4.69, 9.17) is 4.74 Å². The molecule has 0 heterocycles. The Balaban J connectivity index is 0.00000484. The van der Waals surface area contributed by atoms with E-state index in [0.29, 0.717) is 0 Å². The van der Waals surface area contributed by atoms with Crippen LogP contribution in [0.15, 0.2) is 23.2 Å². The number of rotatable bonds is 8. The SMILES string of the molecule is CCNC(=NCCCSC)NC(C)c1ccc(OC)c(F)c1.I. The van der Waals surface area contributed by atoms with Crippen LogP contribution in [0.5, 0.6) is 5.75 Å². The van der Waals surface area contributed by atoms with Crippen molar-refractivity contribution in [1.29, 1.82) is 0 Å². The largest absolute Gasteiger partial charge is 0.494 e. The van der Waals surface area contributed by atoms with Gasteiger partial charge in [-0.15, -0.1) is 24.0 Å². The topological polar surface area (TPSA) is 45.7 Å². The normalized spacial score (nSPS) is 12.3. The number of aliphatic imine (C=N–C) groups is 1. The lowest BCUT2D eigenvalue weighted by molar-refractivity contribution is 0.386. The minimum Gasteiger partial charge on any atom is -0.494 e. The van der Waals surface area contributed by atoms with Crippen molar-refractivity contribution in [3.63, 3.8) is 0 Å². The van der Waals surface area contributed by atoms with Crippen LogP contribution >= 0.6 is 35.7 Å². The van der Waals surface area contributed by atoms with Crippen molar-refractivity contribution in [3.8, 4) is 5.75 Å². The Labute approximate surface area is 160 Å². The fourth-order valence-corrected chi connectivity index (χ4v) is 2.38. The van der Waals surface area contributed by atoms with Crippen molar-refractivity contribution >= 4 is 41.7 Å². The second kappa shape index (κ2) is 12.7. The van der Waals surface area contributed by atoms with E-state index in [1.54, 1.807) is 6.07 Å². The first-order valence-corrected chi connectivity index (χ1v) is 8.89. The average Bonchev–Trinajstić information content (AvgIpc) is 2.51. The van der Waals surface area contributed by atoms with Gasteiger partial charge < -0.3 is 15.4 Å². The molecule has 0 bridgehead atoms. The van der Waals surface area contributed by atoms with E-state index in [2.05, 4.69) is 21.9 Å². The molecule has 0 saturated carbocycles. The van der Waals surface area contributed by atoms with E-state index in [1.165, 1.54) is 13.2 Å². The number of guanidine groups is 1. The molecule has 7 heteroatoms. The maximum Gasteiger partial charge on any atom is 0.191 e. The summed E-state index contributed by atoms with van der Waals surface area (Å²) < 4.78 is 18.7. The number of methoxy groups -OCH3 is 1. The number of thioether (sulfide) groups is 1. The van der Waals surface area contributed by atoms with Gasteiger partial charge in [-0.3, -0.25) is 4.99 Å². The Morgan fingerprint density at radius 1 is 1.43 bits per heavy atom. The van der Waals surface area contributed by atoms with Crippen LogP contribution in [-0.2, 0) is 0 Å². The molecule has 1 atom stereocenters. The van der Waals surface area contributed by atoms with Gasteiger partial charge in [0, 0.05) is 13.1 Å². The van der Waals surface area contributed by atoms with Gasteiger partial charge in [0.15, 0.2) is 17.5 Å². The Hall–Kier alpha value is -0.700. The first-order valence-electron chi connectivity index (χ1n) is 7.49. The second-order valence-corrected chi connectivity index (χ2v) is 5.85. The lowest BCUT2D eigenvalue weighted by atomic mass is 10.1. The van der Waals surface area contributed by atoms with Crippen molar-refractivity contribution < 1.29 is 9.13 Å². The molecule has 0 aliphatic heterocycles. The minimum absolute atomic E-state index is 0. The fraction of sp³-hybridized carbons (Fsp3) is 0.562. The van der Waals surface area contributed by atoms with Crippen molar-refractivity contribution in [1.82, 2.24) is 10.6 Å². The monoisotopic (exact) mass is 455 g/mol. The zero-order chi connectivity index (χ0) is 16.4. The molecule has 1 rings (SSSR count). The summed E-state index contributed by atoms with van der Waals surface area (Å²) in [5.41, 5.74) is 0.855. The van der Waals surface area contributed by atoms with E-state index >= 15 is 0 Å². The number of hydrogen-bond acceptors (Lipinski definition) is 3. The average molecular weight is 455 g/mol. The molecule has 4 nitrogen and oxygen atoms in total. The Bertz CT molecular complexity index is 488. The molecule has 0 amide bonds. The molecule has 1 aromatic carbocycles. The molecule has 1 unspecified atom stereocenters. The smallest absolute Gasteiger partial charge is 0.191 e. The summed E-state index contributed by atoms with van der Waals surface area (Å²) in [5, 5.41) is 6.51. The molecule has 0 fully saturated rings. The van der Waals surface area contributed by atoms with Gasteiger partial charge in [-0.25, -0.2) is 4.39 Å². The van der Waals surface area contributed by atoms with Gasteiger partial charge >= 0.3 is 0 Å². The summed E-state index contributed by atoms with van der Waals surface area (Å²) in [4.78, 5) is 4.54. The zero-order valence-corrected chi connectivity index (χ0v) is 17.3. The van der Waals surface area contributed by atoms with Gasteiger partial charge in [-0.05, 0) is 50.0 Å². The molecule has 1 aromatic rings. The Morgan fingerprint density at radius 3 is 2.74 bits per heavy atom. The number of halogens is 2. The van der Waals surface area contributed by atoms with E-state index < -0.39 is 0 Å². The molecule has 132 valence electrons. The van der Waals surface area contributed by atoms with Gasteiger partial charge in [-0.2, -0.15) is 11.8 Å². The van der Waals surface area contributed by atoms with Gasteiger partial charge in [0.05, 0.1) is 13.2 Å². The highest BCUT2D eigenvalue weighted by Crippen LogP contribution is 2.21. The number of ether oxygens (including phenoxy) is 1. The lowest BCUT2D eigenvalue weighted by Crippen LogP contribution is -2.38. The molecule has 0 spiro atoms. The summed E-state index contributed by atoms with van der Waals surface area (Å²) in [6, 6.07) is 4.95. The highest BCUT2D eigenvalue weighted by Gasteiger charge is 2.11. The number of nitrogens with one attached hydrogen (secondary N) is 2. The third kappa shape index (κ3) is 8.10. The molecule has 0 radical (unpaired) electrons. The summed E-state index contributed by atoms with van der Waals surface area (Å²) in [5.74, 6) is 1.76. The molecule has 0 saturated heterocycles. The number of benzene rings is 1. The van der Waals surface area contributed by atoms with Crippen LogP contribution in [0.2, 0.25) is 0 Å². The maximum atomic E-state index is 13.8. The molecular formula is C16H27FIN3OS. The summed E-state index contributed by atoms with van der Waals surface area (Å²) in [7, 11) is 1.46. The van der Waals surface area contributed by atoms with Gasteiger partial charge in [0.2, 0.25) is 0 Å². The molecule has 0 aliphatic rings. The number of nitrogens with zero attached hydrogens (tertiary/aromatic N) is 1. The molecule has 23 heavy (non-hydrogen) atoms. The lowest BCUT2D eigenvalue weighted by Gasteiger charge is -2.18. The van der Waals surface area contributed by atoms with E-state index in [1.807, 2.05) is 31.7 Å². The fourth-order valence-electron chi connectivity index (χ4n) is 1.96. The Morgan fingerprint density at radius 2 is 2.17 bits per heavy atom. The Kier molecular flexibility index (Phi) is 12.3. The predicted molar refractivity (Wildman–Crippen MR) is 109 cm³/mol. The van der Waals surface area contributed by atoms with Crippen LogP contribution in [-0.4, -0.2) is 38.2 Å².